The molecule has 0 N–H and O–H groups in total. The van der Waals surface area contributed by atoms with Gasteiger partial charge in [-0.2, -0.15) is 0 Å². The van der Waals surface area contributed by atoms with E-state index in [2.05, 4.69) is 15.9 Å². The Labute approximate surface area is 113 Å². The minimum absolute atomic E-state index is 0.00315. The molecule has 0 spiro atoms. The molecule has 0 saturated carbocycles. The van der Waals surface area contributed by atoms with Crippen LogP contribution in [0.3, 0.4) is 0 Å². The number of hydrogen-bond acceptors (Lipinski definition) is 2. The van der Waals surface area contributed by atoms with Crippen molar-refractivity contribution < 1.29 is 13.6 Å². The zero-order chi connectivity index (χ0) is 13.0. The number of Topliss-reactive ketones (excluding diaryl/α,β-unsaturated/α-hetero) is 1. The molecule has 0 atom stereocenters. The highest BCUT2D eigenvalue weighted by Gasteiger charge is 2.09. The number of furan rings is 1. The lowest BCUT2D eigenvalue weighted by molar-refractivity contribution is -0.118. The van der Waals surface area contributed by atoms with E-state index in [4.69, 9.17) is 4.42 Å². The van der Waals surface area contributed by atoms with Crippen LogP contribution in [-0.4, -0.2) is 5.78 Å². The van der Waals surface area contributed by atoms with Crippen molar-refractivity contribution in [1.82, 2.24) is 0 Å². The molecular formula is C14H12BrFO2. The van der Waals surface area contributed by atoms with Crippen molar-refractivity contribution in [2.24, 2.45) is 0 Å². The molecule has 1 aromatic heterocycles. The van der Waals surface area contributed by atoms with Gasteiger partial charge in [-0.05, 0) is 35.9 Å². The van der Waals surface area contributed by atoms with Crippen LogP contribution >= 0.6 is 15.9 Å². The molecule has 18 heavy (non-hydrogen) atoms. The monoisotopic (exact) mass is 310 g/mol. The van der Waals surface area contributed by atoms with Crippen molar-refractivity contribution in [2.45, 2.75) is 19.3 Å². The molecule has 2 aromatic rings. The van der Waals surface area contributed by atoms with Gasteiger partial charge in [0.15, 0.2) is 0 Å². The smallest absolute Gasteiger partial charge is 0.137 e. The van der Waals surface area contributed by atoms with Crippen LogP contribution in [0.2, 0.25) is 0 Å². The Balaban J connectivity index is 1.92. The van der Waals surface area contributed by atoms with E-state index in [1.54, 1.807) is 24.5 Å². The zero-order valence-corrected chi connectivity index (χ0v) is 11.2. The molecule has 0 aliphatic heterocycles. The minimum atomic E-state index is -0.343. The molecule has 1 aromatic carbocycles. The summed E-state index contributed by atoms with van der Waals surface area (Å²) in [6, 6.07) is 8.23. The Morgan fingerprint density at radius 2 is 2.17 bits per heavy atom. The highest BCUT2D eigenvalue weighted by atomic mass is 79.9. The number of carbonyl (C=O) groups is 1. The maximum Gasteiger partial charge on any atom is 0.137 e. The average Bonchev–Trinajstić information content (AvgIpc) is 2.84. The Kier molecular flexibility index (Phi) is 4.31. The summed E-state index contributed by atoms with van der Waals surface area (Å²) in [5.74, 6) is 0.436. The third-order valence-corrected chi connectivity index (χ3v) is 3.12. The summed E-state index contributed by atoms with van der Waals surface area (Å²) in [4.78, 5) is 11.7. The Hall–Kier alpha value is -1.42. The highest BCUT2D eigenvalue weighted by Crippen LogP contribution is 2.17. The van der Waals surface area contributed by atoms with Crippen LogP contribution in [0.4, 0.5) is 4.39 Å². The van der Waals surface area contributed by atoms with E-state index in [0.717, 1.165) is 10.2 Å². The van der Waals surface area contributed by atoms with Crippen LogP contribution in [0.1, 0.15) is 17.7 Å². The van der Waals surface area contributed by atoms with Gasteiger partial charge < -0.3 is 4.42 Å². The molecule has 0 saturated heterocycles. The summed E-state index contributed by atoms with van der Waals surface area (Å²) in [5, 5.41) is 0. The standard InChI is InChI=1S/C14H12BrFO2/c15-11-3-6-14(16)10(8-11)9-12(17)4-5-13-2-1-7-18-13/h1-3,6-8H,4-5,9H2. The Morgan fingerprint density at radius 1 is 1.33 bits per heavy atom. The first-order valence-electron chi connectivity index (χ1n) is 5.63. The van der Waals surface area contributed by atoms with Gasteiger partial charge in [0.1, 0.15) is 17.4 Å². The molecule has 0 aliphatic carbocycles. The predicted molar refractivity (Wildman–Crippen MR) is 69.8 cm³/mol. The number of benzene rings is 1. The third-order valence-electron chi connectivity index (χ3n) is 2.63. The van der Waals surface area contributed by atoms with E-state index in [-0.39, 0.29) is 18.0 Å². The largest absolute Gasteiger partial charge is 0.469 e. The molecule has 0 fully saturated rings. The van der Waals surface area contributed by atoms with Crippen molar-refractivity contribution in [1.29, 1.82) is 0 Å². The number of hydrogen-bond donors (Lipinski definition) is 0. The number of ketones is 1. The lowest BCUT2D eigenvalue weighted by atomic mass is 10.0. The second kappa shape index (κ2) is 5.96. The topological polar surface area (TPSA) is 30.2 Å². The molecule has 0 aliphatic rings. The quantitative estimate of drug-likeness (QED) is 0.837. The Bertz CT molecular complexity index is 535. The van der Waals surface area contributed by atoms with Crippen LogP contribution < -0.4 is 0 Å². The van der Waals surface area contributed by atoms with Gasteiger partial charge in [-0.15, -0.1) is 0 Å². The van der Waals surface area contributed by atoms with Gasteiger partial charge in [0, 0.05) is 23.7 Å². The van der Waals surface area contributed by atoms with Gasteiger partial charge in [0.2, 0.25) is 0 Å². The lowest BCUT2D eigenvalue weighted by Gasteiger charge is -2.03. The second-order valence-electron chi connectivity index (χ2n) is 4.03. The molecular weight excluding hydrogens is 299 g/mol. The summed E-state index contributed by atoms with van der Waals surface area (Å²) in [7, 11) is 0. The summed E-state index contributed by atoms with van der Waals surface area (Å²) in [6.07, 6.45) is 2.61. The van der Waals surface area contributed by atoms with Gasteiger partial charge in [-0.25, -0.2) is 4.39 Å². The first kappa shape index (κ1) is 13.0. The molecule has 2 rings (SSSR count). The molecule has 2 nitrogen and oxygen atoms in total. The van der Waals surface area contributed by atoms with Gasteiger partial charge in [0.25, 0.3) is 0 Å². The maximum absolute atomic E-state index is 13.5. The van der Waals surface area contributed by atoms with Gasteiger partial charge >= 0.3 is 0 Å². The fourth-order valence-corrected chi connectivity index (χ4v) is 2.11. The van der Waals surface area contributed by atoms with Crippen molar-refractivity contribution in [2.75, 3.05) is 0 Å². The predicted octanol–water partition coefficient (Wildman–Crippen LogP) is 3.93. The maximum atomic E-state index is 13.5. The van der Waals surface area contributed by atoms with E-state index < -0.39 is 0 Å². The second-order valence-corrected chi connectivity index (χ2v) is 4.95. The van der Waals surface area contributed by atoms with Gasteiger partial charge in [-0.3, -0.25) is 4.79 Å². The van der Waals surface area contributed by atoms with E-state index in [1.165, 1.54) is 6.07 Å². The van der Waals surface area contributed by atoms with Gasteiger partial charge in [0.05, 0.1) is 6.26 Å². The molecule has 94 valence electrons. The summed E-state index contributed by atoms with van der Waals surface area (Å²) in [5.41, 5.74) is 0.425. The first-order chi connectivity index (χ1) is 8.65. The van der Waals surface area contributed by atoms with Gasteiger partial charge in [-0.1, -0.05) is 15.9 Å². The molecule has 1 heterocycles. The summed E-state index contributed by atoms with van der Waals surface area (Å²) >= 11 is 3.26. The number of aryl methyl sites for hydroxylation is 1. The SMILES string of the molecule is O=C(CCc1ccco1)Cc1cc(Br)ccc1F. The molecule has 4 heteroatoms. The first-order valence-corrected chi connectivity index (χ1v) is 6.42. The van der Waals surface area contributed by atoms with Crippen molar-refractivity contribution in [3.63, 3.8) is 0 Å². The van der Waals surface area contributed by atoms with Crippen molar-refractivity contribution >= 4 is 21.7 Å². The van der Waals surface area contributed by atoms with Crippen molar-refractivity contribution in [3.05, 3.63) is 58.2 Å². The number of carbonyl (C=O) groups excluding carboxylic acids is 1. The normalized spacial score (nSPS) is 10.6. The van der Waals surface area contributed by atoms with E-state index in [9.17, 15) is 9.18 Å². The summed E-state index contributed by atoms with van der Waals surface area (Å²) in [6.45, 7) is 0. The van der Waals surface area contributed by atoms with E-state index in [0.29, 0.717) is 18.4 Å². The summed E-state index contributed by atoms with van der Waals surface area (Å²) < 4.78 is 19.4. The minimum Gasteiger partial charge on any atom is -0.469 e. The van der Waals surface area contributed by atoms with Crippen LogP contribution in [0.25, 0.3) is 0 Å². The number of rotatable bonds is 5. The Morgan fingerprint density at radius 3 is 2.89 bits per heavy atom. The molecule has 0 bridgehead atoms. The van der Waals surface area contributed by atoms with E-state index >= 15 is 0 Å². The fourth-order valence-electron chi connectivity index (χ4n) is 1.70. The van der Waals surface area contributed by atoms with Crippen molar-refractivity contribution in [3.8, 4) is 0 Å². The van der Waals surface area contributed by atoms with Crippen LogP contribution in [0, 0.1) is 5.82 Å². The fraction of sp³-hybridized carbons (Fsp3) is 0.214. The molecule has 0 unspecified atom stereocenters. The average molecular weight is 311 g/mol. The molecule has 0 radical (unpaired) electrons. The highest BCUT2D eigenvalue weighted by molar-refractivity contribution is 9.10. The van der Waals surface area contributed by atoms with Crippen LogP contribution in [0.15, 0.2) is 45.5 Å². The molecule has 0 amide bonds. The zero-order valence-electron chi connectivity index (χ0n) is 9.66. The third kappa shape index (κ3) is 3.53. The van der Waals surface area contributed by atoms with Crippen LogP contribution in [-0.2, 0) is 17.6 Å². The van der Waals surface area contributed by atoms with E-state index in [1.807, 2.05) is 6.07 Å². The number of halogens is 2. The lowest BCUT2D eigenvalue weighted by Crippen LogP contribution is -2.05. The van der Waals surface area contributed by atoms with Crippen LogP contribution in [0.5, 0.6) is 0 Å².